The summed E-state index contributed by atoms with van der Waals surface area (Å²) in [6, 6.07) is 9.97. The van der Waals surface area contributed by atoms with Gasteiger partial charge in [0, 0.05) is 19.4 Å². The van der Waals surface area contributed by atoms with Crippen molar-refractivity contribution in [2.24, 2.45) is 0 Å². The van der Waals surface area contributed by atoms with E-state index in [1.807, 2.05) is 30.3 Å². The van der Waals surface area contributed by atoms with Crippen LogP contribution in [0, 0.1) is 12.3 Å². The molecule has 0 saturated carbocycles. The van der Waals surface area contributed by atoms with Crippen molar-refractivity contribution in [3.63, 3.8) is 0 Å². The van der Waals surface area contributed by atoms with Crippen LogP contribution in [0.15, 0.2) is 30.3 Å². The molecule has 0 aliphatic rings. The van der Waals surface area contributed by atoms with E-state index in [2.05, 4.69) is 11.2 Å². The summed E-state index contributed by atoms with van der Waals surface area (Å²) in [5.74, 6) is 2.55. The molecule has 0 aliphatic heterocycles. The Kier molecular flexibility index (Phi) is 5.03. The smallest absolute Gasteiger partial charge is 0.220 e. The van der Waals surface area contributed by atoms with Crippen molar-refractivity contribution < 1.29 is 4.79 Å². The molecule has 2 nitrogen and oxygen atoms in total. The lowest BCUT2D eigenvalue weighted by atomic mass is 10.1. The van der Waals surface area contributed by atoms with E-state index in [1.54, 1.807) is 0 Å². The maximum Gasteiger partial charge on any atom is 0.220 e. The van der Waals surface area contributed by atoms with Crippen LogP contribution in [0.25, 0.3) is 0 Å². The van der Waals surface area contributed by atoms with Gasteiger partial charge in [0.15, 0.2) is 0 Å². The highest BCUT2D eigenvalue weighted by molar-refractivity contribution is 5.76. The largest absolute Gasteiger partial charge is 0.355 e. The van der Waals surface area contributed by atoms with Crippen LogP contribution in [0.3, 0.4) is 0 Å². The maximum absolute atomic E-state index is 11.3. The van der Waals surface area contributed by atoms with Gasteiger partial charge in [-0.1, -0.05) is 30.3 Å². The maximum atomic E-state index is 11.3. The molecule has 0 aromatic heterocycles. The topological polar surface area (TPSA) is 29.1 Å². The Morgan fingerprint density at radius 2 is 2.07 bits per heavy atom. The van der Waals surface area contributed by atoms with Crippen LogP contribution in [0.5, 0.6) is 0 Å². The molecule has 15 heavy (non-hydrogen) atoms. The van der Waals surface area contributed by atoms with Crippen LogP contribution < -0.4 is 5.32 Å². The minimum atomic E-state index is 0.0640. The molecule has 0 atom stereocenters. The number of amides is 1. The lowest BCUT2D eigenvalue weighted by molar-refractivity contribution is -0.121. The number of terminal acetylenes is 1. The second kappa shape index (κ2) is 6.67. The van der Waals surface area contributed by atoms with Crippen LogP contribution in [0.1, 0.15) is 18.4 Å². The summed E-state index contributed by atoms with van der Waals surface area (Å²) >= 11 is 0. The van der Waals surface area contributed by atoms with Crippen molar-refractivity contribution in [1.29, 1.82) is 0 Å². The first-order valence-electron chi connectivity index (χ1n) is 5.07. The molecule has 0 radical (unpaired) electrons. The van der Waals surface area contributed by atoms with E-state index in [9.17, 15) is 4.79 Å². The van der Waals surface area contributed by atoms with Gasteiger partial charge in [0.25, 0.3) is 0 Å². The van der Waals surface area contributed by atoms with Gasteiger partial charge in [0.1, 0.15) is 0 Å². The first kappa shape index (κ1) is 11.3. The Morgan fingerprint density at radius 3 is 2.73 bits per heavy atom. The van der Waals surface area contributed by atoms with Crippen molar-refractivity contribution in [1.82, 2.24) is 5.32 Å². The second-order valence-corrected chi connectivity index (χ2v) is 3.29. The third-order valence-electron chi connectivity index (χ3n) is 2.08. The van der Waals surface area contributed by atoms with Gasteiger partial charge in [0.2, 0.25) is 5.91 Å². The number of benzene rings is 1. The summed E-state index contributed by atoms with van der Waals surface area (Å²) in [4.78, 5) is 11.3. The van der Waals surface area contributed by atoms with Gasteiger partial charge in [-0.25, -0.2) is 0 Å². The van der Waals surface area contributed by atoms with Gasteiger partial charge >= 0.3 is 0 Å². The fraction of sp³-hybridized carbons (Fsp3) is 0.308. The zero-order valence-corrected chi connectivity index (χ0v) is 8.70. The first-order chi connectivity index (χ1) is 7.33. The number of hydrogen-bond donors (Lipinski definition) is 1. The summed E-state index contributed by atoms with van der Waals surface area (Å²) < 4.78 is 0. The van der Waals surface area contributed by atoms with Crippen LogP contribution in [-0.2, 0) is 11.2 Å². The molecule has 1 aromatic rings. The molecule has 0 fully saturated rings. The molecule has 1 rings (SSSR count). The molecule has 2 heteroatoms. The molecular weight excluding hydrogens is 186 g/mol. The van der Waals surface area contributed by atoms with E-state index in [-0.39, 0.29) is 5.91 Å². The lowest BCUT2D eigenvalue weighted by Crippen LogP contribution is -2.24. The summed E-state index contributed by atoms with van der Waals surface area (Å²) in [6.45, 7) is 0.574. The molecular formula is C13H15NO. The Balaban J connectivity index is 2.20. The fourth-order valence-corrected chi connectivity index (χ4v) is 1.27. The number of carbonyl (C=O) groups is 1. The van der Waals surface area contributed by atoms with E-state index in [1.165, 1.54) is 5.56 Å². The zero-order chi connectivity index (χ0) is 10.9. The molecule has 1 aromatic carbocycles. The molecule has 0 bridgehead atoms. The van der Waals surface area contributed by atoms with Gasteiger partial charge in [-0.05, 0) is 12.0 Å². The molecule has 0 spiro atoms. The molecule has 1 amide bonds. The highest BCUT2D eigenvalue weighted by Gasteiger charge is 2.00. The fourth-order valence-electron chi connectivity index (χ4n) is 1.27. The minimum Gasteiger partial charge on any atom is -0.355 e. The van der Waals surface area contributed by atoms with Gasteiger partial charge in [-0.2, -0.15) is 0 Å². The number of rotatable bonds is 5. The van der Waals surface area contributed by atoms with E-state index in [0.29, 0.717) is 19.4 Å². The Hall–Kier alpha value is -1.75. The molecule has 78 valence electrons. The quantitative estimate of drug-likeness (QED) is 0.571. The Labute approximate surface area is 90.7 Å². The van der Waals surface area contributed by atoms with Crippen molar-refractivity contribution in [3.8, 4) is 12.3 Å². The first-order valence-corrected chi connectivity index (χ1v) is 5.07. The van der Waals surface area contributed by atoms with Crippen LogP contribution >= 0.6 is 0 Å². The Bertz CT molecular complexity index is 337. The van der Waals surface area contributed by atoms with E-state index >= 15 is 0 Å². The predicted molar refractivity (Wildman–Crippen MR) is 61.2 cm³/mol. The Morgan fingerprint density at radius 1 is 1.33 bits per heavy atom. The highest BCUT2D eigenvalue weighted by Crippen LogP contribution is 2.01. The SMILES string of the molecule is C#CCCNC(=O)CCc1ccccc1. The van der Waals surface area contributed by atoms with E-state index in [4.69, 9.17) is 6.42 Å². The second-order valence-electron chi connectivity index (χ2n) is 3.29. The van der Waals surface area contributed by atoms with Crippen LogP contribution in [0.4, 0.5) is 0 Å². The lowest BCUT2D eigenvalue weighted by Gasteiger charge is -2.02. The third kappa shape index (κ3) is 4.87. The van der Waals surface area contributed by atoms with Gasteiger partial charge in [-0.3, -0.25) is 4.79 Å². The van der Waals surface area contributed by atoms with Gasteiger partial charge in [0.05, 0.1) is 0 Å². The van der Waals surface area contributed by atoms with Crippen LogP contribution in [0.2, 0.25) is 0 Å². The molecule has 0 aliphatic carbocycles. The van der Waals surface area contributed by atoms with Crippen molar-refractivity contribution in [2.45, 2.75) is 19.3 Å². The summed E-state index contributed by atoms with van der Waals surface area (Å²) in [7, 11) is 0. The minimum absolute atomic E-state index is 0.0640. The molecule has 0 heterocycles. The number of hydrogen-bond acceptors (Lipinski definition) is 1. The van der Waals surface area contributed by atoms with E-state index < -0.39 is 0 Å². The molecule has 0 saturated heterocycles. The molecule has 1 N–H and O–H groups in total. The normalized spacial score (nSPS) is 9.27. The predicted octanol–water partition coefficient (Wildman–Crippen LogP) is 1.76. The van der Waals surface area contributed by atoms with Crippen molar-refractivity contribution in [2.75, 3.05) is 6.54 Å². The average Bonchev–Trinajstić information content (AvgIpc) is 2.28. The van der Waals surface area contributed by atoms with Gasteiger partial charge in [-0.15, -0.1) is 12.3 Å². The van der Waals surface area contributed by atoms with Crippen molar-refractivity contribution >= 4 is 5.91 Å². The summed E-state index contributed by atoms with van der Waals surface area (Å²) in [5.41, 5.74) is 1.18. The monoisotopic (exact) mass is 201 g/mol. The number of carbonyl (C=O) groups excluding carboxylic acids is 1. The van der Waals surface area contributed by atoms with Gasteiger partial charge < -0.3 is 5.32 Å². The number of nitrogens with one attached hydrogen (secondary N) is 1. The average molecular weight is 201 g/mol. The van der Waals surface area contributed by atoms with Crippen LogP contribution in [-0.4, -0.2) is 12.5 Å². The standard InChI is InChI=1S/C13H15NO/c1-2-3-11-14-13(15)10-9-12-7-5-4-6-8-12/h1,4-8H,3,9-11H2,(H,14,15). The van der Waals surface area contributed by atoms with E-state index in [0.717, 1.165) is 6.42 Å². The summed E-state index contributed by atoms with van der Waals surface area (Å²) in [5, 5.41) is 2.77. The number of aryl methyl sites for hydroxylation is 1. The highest BCUT2D eigenvalue weighted by atomic mass is 16.1. The summed E-state index contributed by atoms with van der Waals surface area (Å²) in [6.07, 6.45) is 6.98. The third-order valence-corrected chi connectivity index (χ3v) is 2.08. The molecule has 0 unspecified atom stereocenters. The van der Waals surface area contributed by atoms with Crippen molar-refractivity contribution in [3.05, 3.63) is 35.9 Å². The zero-order valence-electron chi connectivity index (χ0n) is 8.70.